The lowest BCUT2D eigenvalue weighted by molar-refractivity contribution is -0.127. The zero-order valence-electron chi connectivity index (χ0n) is 9.50. The van der Waals surface area contributed by atoms with Crippen LogP contribution in [0.5, 0.6) is 5.75 Å². The van der Waals surface area contributed by atoms with Gasteiger partial charge in [0.05, 0.1) is 0 Å². The van der Waals surface area contributed by atoms with Gasteiger partial charge in [-0.25, -0.2) is 0 Å². The van der Waals surface area contributed by atoms with Crippen molar-refractivity contribution in [3.8, 4) is 5.75 Å². The van der Waals surface area contributed by atoms with E-state index in [1.54, 1.807) is 6.92 Å². The fourth-order valence-electron chi connectivity index (χ4n) is 1.16. The van der Waals surface area contributed by atoms with E-state index in [-0.39, 0.29) is 5.91 Å². The Bertz CT molecular complexity index is 337. The monoisotopic (exact) mass is 285 g/mol. The zero-order chi connectivity index (χ0) is 12.0. The second-order valence-corrected chi connectivity index (χ2v) is 4.42. The summed E-state index contributed by atoms with van der Waals surface area (Å²) < 4.78 is 6.48. The van der Waals surface area contributed by atoms with Crippen molar-refractivity contribution in [1.29, 1.82) is 0 Å². The SMILES string of the molecule is CCCNC(=O)C(C)Oc1ccc(Br)cc1. The molecule has 0 aliphatic rings. The van der Waals surface area contributed by atoms with Gasteiger partial charge in [-0.3, -0.25) is 4.79 Å². The Kier molecular flexibility index (Phi) is 5.32. The molecule has 0 aromatic heterocycles. The number of halogens is 1. The first-order valence-electron chi connectivity index (χ1n) is 5.33. The maximum Gasteiger partial charge on any atom is 0.260 e. The van der Waals surface area contributed by atoms with Crippen LogP contribution in [0, 0.1) is 0 Å². The molecule has 0 bridgehead atoms. The van der Waals surface area contributed by atoms with Crippen LogP contribution in [0.2, 0.25) is 0 Å². The van der Waals surface area contributed by atoms with Crippen LogP contribution in [0.1, 0.15) is 20.3 Å². The Morgan fingerprint density at radius 2 is 2.06 bits per heavy atom. The Labute approximate surface area is 104 Å². The van der Waals surface area contributed by atoms with Crippen molar-refractivity contribution < 1.29 is 9.53 Å². The van der Waals surface area contributed by atoms with Crippen LogP contribution in [0.25, 0.3) is 0 Å². The van der Waals surface area contributed by atoms with Crippen LogP contribution in [0.3, 0.4) is 0 Å². The average Bonchev–Trinajstić information content (AvgIpc) is 2.29. The molecule has 4 heteroatoms. The van der Waals surface area contributed by atoms with Crippen molar-refractivity contribution >= 4 is 21.8 Å². The van der Waals surface area contributed by atoms with Gasteiger partial charge >= 0.3 is 0 Å². The van der Waals surface area contributed by atoms with Crippen LogP contribution in [0.4, 0.5) is 0 Å². The van der Waals surface area contributed by atoms with Crippen molar-refractivity contribution in [2.75, 3.05) is 6.54 Å². The number of benzene rings is 1. The van der Waals surface area contributed by atoms with Crippen LogP contribution in [-0.4, -0.2) is 18.6 Å². The van der Waals surface area contributed by atoms with Gasteiger partial charge < -0.3 is 10.1 Å². The normalized spacial score (nSPS) is 11.9. The van der Waals surface area contributed by atoms with E-state index in [1.807, 2.05) is 31.2 Å². The molecule has 0 radical (unpaired) electrons. The highest BCUT2D eigenvalue weighted by atomic mass is 79.9. The van der Waals surface area contributed by atoms with Crippen LogP contribution < -0.4 is 10.1 Å². The molecule has 0 saturated carbocycles. The lowest BCUT2D eigenvalue weighted by Gasteiger charge is -2.14. The number of ether oxygens (including phenoxy) is 1. The summed E-state index contributed by atoms with van der Waals surface area (Å²) in [6.45, 7) is 4.44. The first kappa shape index (κ1) is 13.0. The second kappa shape index (κ2) is 6.53. The molecule has 16 heavy (non-hydrogen) atoms. The van der Waals surface area contributed by atoms with Crippen LogP contribution >= 0.6 is 15.9 Å². The molecule has 1 rings (SSSR count). The minimum absolute atomic E-state index is 0.0789. The molecule has 3 nitrogen and oxygen atoms in total. The summed E-state index contributed by atoms with van der Waals surface area (Å²) in [5.41, 5.74) is 0. The maximum absolute atomic E-state index is 11.5. The van der Waals surface area contributed by atoms with Crippen molar-refractivity contribution in [3.05, 3.63) is 28.7 Å². The lowest BCUT2D eigenvalue weighted by Crippen LogP contribution is -2.36. The van der Waals surface area contributed by atoms with Gasteiger partial charge in [0.1, 0.15) is 5.75 Å². The van der Waals surface area contributed by atoms with Crippen LogP contribution in [-0.2, 0) is 4.79 Å². The standard InChI is InChI=1S/C12H16BrNO2/c1-3-8-14-12(15)9(2)16-11-6-4-10(13)5-7-11/h4-7,9H,3,8H2,1-2H3,(H,14,15). The third kappa shape index (κ3) is 4.23. The molecule has 0 saturated heterocycles. The summed E-state index contributed by atoms with van der Waals surface area (Å²) in [5.74, 6) is 0.618. The fraction of sp³-hybridized carbons (Fsp3) is 0.417. The van der Waals surface area contributed by atoms with Gasteiger partial charge in [-0.05, 0) is 37.6 Å². The summed E-state index contributed by atoms with van der Waals surface area (Å²) in [7, 11) is 0. The first-order chi connectivity index (χ1) is 7.63. The highest BCUT2D eigenvalue weighted by Gasteiger charge is 2.13. The topological polar surface area (TPSA) is 38.3 Å². The van der Waals surface area contributed by atoms with Crippen molar-refractivity contribution in [2.45, 2.75) is 26.4 Å². The number of hydrogen-bond acceptors (Lipinski definition) is 2. The Hall–Kier alpha value is -1.03. The molecule has 1 atom stereocenters. The molecule has 1 N–H and O–H groups in total. The predicted molar refractivity (Wildman–Crippen MR) is 67.5 cm³/mol. The highest BCUT2D eigenvalue weighted by molar-refractivity contribution is 9.10. The van der Waals surface area contributed by atoms with E-state index < -0.39 is 6.10 Å². The second-order valence-electron chi connectivity index (χ2n) is 3.51. The summed E-state index contributed by atoms with van der Waals surface area (Å²) in [5, 5.41) is 2.79. The smallest absolute Gasteiger partial charge is 0.260 e. The van der Waals surface area contributed by atoms with Gasteiger partial charge in [-0.2, -0.15) is 0 Å². The van der Waals surface area contributed by atoms with Gasteiger partial charge in [0.25, 0.3) is 5.91 Å². The van der Waals surface area contributed by atoms with Gasteiger partial charge in [0.2, 0.25) is 0 Å². The molecule has 88 valence electrons. The molecule has 0 heterocycles. The van der Waals surface area contributed by atoms with E-state index in [0.29, 0.717) is 12.3 Å². The minimum Gasteiger partial charge on any atom is -0.481 e. The van der Waals surface area contributed by atoms with E-state index in [2.05, 4.69) is 21.2 Å². The number of carbonyl (C=O) groups excluding carboxylic acids is 1. The summed E-state index contributed by atoms with van der Waals surface area (Å²) in [4.78, 5) is 11.5. The molecule has 0 spiro atoms. The maximum atomic E-state index is 11.5. The Morgan fingerprint density at radius 3 is 2.62 bits per heavy atom. The summed E-state index contributed by atoms with van der Waals surface area (Å²) in [6, 6.07) is 7.42. The van der Waals surface area contributed by atoms with Gasteiger partial charge in [-0.1, -0.05) is 22.9 Å². The number of rotatable bonds is 5. The van der Waals surface area contributed by atoms with Crippen molar-refractivity contribution in [1.82, 2.24) is 5.32 Å². The van der Waals surface area contributed by atoms with Crippen LogP contribution in [0.15, 0.2) is 28.7 Å². The van der Waals surface area contributed by atoms with E-state index in [4.69, 9.17) is 4.74 Å². The largest absolute Gasteiger partial charge is 0.481 e. The third-order valence-corrected chi connectivity index (χ3v) is 2.57. The predicted octanol–water partition coefficient (Wildman–Crippen LogP) is 2.74. The lowest BCUT2D eigenvalue weighted by atomic mass is 10.3. The zero-order valence-corrected chi connectivity index (χ0v) is 11.1. The van der Waals surface area contributed by atoms with Crippen molar-refractivity contribution in [2.24, 2.45) is 0 Å². The average molecular weight is 286 g/mol. The number of nitrogens with one attached hydrogen (secondary N) is 1. The molecule has 1 aromatic rings. The Morgan fingerprint density at radius 1 is 1.44 bits per heavy atom. The van der Waals surface area contributed by atoms with Gasteiger partial charge in [0.15, 0.2) is 6.10 Å². The summed E-state index contributed by atoms with van der Waals surface area (Å²) >= 11 is 3.34. The Balaban J connectivity index is 2.47. The number of hydrogen-bond donors (Lipinski definition) is 1. The van der Waals surface area contributed by atoms with Gasteiger partial charge in [0, 0.05) is 11.0 Å². The molecule has 0 fully saturated rings. The highest BCUT2D eigenvalue weighted by Crippen LogP contribution is 2.17. The number of carbonyl (C=O) groups is 1. The summed E-state index contributed by atoms with van der Waals surface area (Å²) in [6.07, 6.45) is 0.462. The van der Waals surface area contributed by atoms with E-state index in [9.17, 15) is 4.79 Å². The quantitative estimate of drug-likeness (QED) is 0.903. The van der Waals surface area contributed by atoms with Crippen molar-refractivity contribution in [3.63, 3.8) is 0 Å². The molecule has 1 unspecified atom stereocenters. The third-order valence-electron chi connectivity index (χ3n) is 2.04. The molecular weight excluding hydrogens is 270 g/mol. The minimum atomic E-state index is -0.465. The van der Waals surface area contributed by atoms with E-state index >= 15 is 0 Å². The molecule has 1 aromatic carbocycles. The number of amides is 1. The fourth-order valence-corrected chi connectivity index (χ4v) is 1.43. The first-order valence-corrected chi connectivity index (χ1v) is 6.12. The van der Waals surface area contributed by atoms with E-state index in [0.717, 1.165) is 10.9 Å². The molecule has 0 aliphatic carbocycles. The molecule has 0 aliphatic heterocycles. The molecule has 1 amide bonds. The van der Waals surface area contributed by atoms with Gasteiger partial charge in [-0.15, -0.1) is 0 Å². The van der Waals surface area contributed by atoms with E-state index in [1.165, 1.54) is 0 Å². The molecular formula is C12H16BrNO2.